The lowest BCUT2D eigenvalue weighted by Crippen LogP contribution is -2.44. The number of hydrogen-bond donors (Lipinski definition) is 2. The van der Waals surface area contributed by atoms with Crippen LogP contribution < -0.4 is 5.32 Å². The van der Waals surface area contributed by atoms with Gasteiger partial charge in [0, 0.05) is 19.5 Å². The number of nitrogens with zero attached hydrogens (tertiary/aromatic N) is 1. The van der Waals surface area contributed by atoms with E-state index in [2.05, 4.69) is 5.32 Å². The Balaban J connectivity index is 2.25. The highest BCUT2D eigenvalue weighted by atomic mass is 16.5. The molecule has 21 heavy (non-hydrogen) atoms. The van der Waals surface area contributed by atoms with E-state index in [1.807, 2.05) is 4.90 Å². The van der Waals surface area contributed by atoms with Gasteiger partial charge < -0.3 is 15.2 Å². The topological polar surface area (TPSA) is 95.9 Å². The van der Waals surface area contributed by atoms with Gasteiger partial charge in [-0.05, 0) is 32.7 Å². The van der Waals surface area contributed by atoms with Gasteiger partial charge in [-0.3, -0.25) is 19.3 Å². The van der Waals surface area contributed by atoms with Crippen LogP contribution in [0.3, 0.4) is 0 Å². The number of nitrogens with one attached hydrogen (secondary N) is 1. The van der Waals surface area contributed by atoms with Crippen LogP contribution in [0.1, 0.15) is 32.6 Å². The Morgan fingerprint density at radius 3 is 2.81 bits per heavy atom. The summed E-state index contributed by atoms with van der Waals surface area (Å²) in [6.45, 7) is 4.09. The van der Waals surface area contributed by atoms with E-state index in [1.54, 1.807) is 6.92 Å². The second kappa shape index (κ2) is 9.33. The molecule has 0 aromatic heterocycles. The number of rotatable bonds is 8. The van der Waals surface area contributed by atoms with E-state index in [9.17, 15) is 14.4 Å². The first-order valence-corrected chi connectivity index (χ1v) is 7.40. The van der Waals surface area contributed by atoms with Crippen molar-refractivity contribution < 1.29 is 24.2 Å². The minimum Gasteiger partial charge on any atom is -0.481 e. The maximum absolute atomic E-state index is 11.7. The first-order chi connectivity index (χ1) is 10.0. The molecule has 0 radical (unpaired) electrons. The van der Waals surface area contributed by atoms with Gasteiger partial charge in [-0.2, -0.15) is 0 Å². The Bertz CT molecular complexity index is 372. The smallest absolute Gasteiger partial charge is 0.310 e. The molecule has 0 saturated carbocycles. The summed E-state index contributed by atoms with van der Waals surface area (Å²) in [5.41, 5.74) is 0. The van der Waals surface area contributed by atoms with Crippen molar-refractivity contribution in [1.29, 1.82) is 0 Å². The van der Waals surface area contributed by atoms with E-state index in [4.69, 9.17) is 9.84 Å². The average molecular weight is 300 g/mol. The minimum absolute atomic E-state index is 0.0505. The highest BCUT2D eigenvalue weighted by Gasteiger charge is 2.27. The lowest BCUT2D eigenvalue weighted by molar-refractivity contribution is -0.150. The second-order valence-electron chi connectivity index (χ2n) is 5.17. The maximum Gasteiger partial charge on any atom is 0.310 e. The number of carbonyl (C=O) groups excluding carboxylic acids is 2. The van der Waals surface area contributed by atoms with Crippen LogP contribution in [0.4, 0.5) is 0 Å². The summed E-state index contributed by atoms with van der Waals surface area (Å²) >= 11 is 0. The fourth-order valence-electron chi connectivity index (χ4n) is 2.38. The predicted molar refractivity (Wildman–Crippen MR) is 75.7 cm³/mol. The number of carboxylic acid groups (broad SMARTS) is 1. The first kappa shape index (κ1) is 17.4. The molecule has 1 saturated heterocycles. The summed E-state index contributed by atoms with van der Waals surface area (Å²) in [6.07, 6.45) is 2.15. The molecule has 0 aromatic carbocycles. The van der Waals surface area contributed by atoms with Crippen molar-refractivity contribution in [2.24, 2.45) is 5.92 Å². The van der Waals surface area contributed by atoms with Crippen LogP contribution >= 0.6 is 0 Å². The van der Waals surface area contributed by atoms with Crippen LogP contribution in [-0.2, 0) is 19.1 Å². The Kier molecular flexibility index (Phi) is 7.74. The molecule has 0 aliphatic carbocycles. The molecule has 0 unspecified atom stereocenters. The first-order valence-electron chi connectivity index (χ1n) is 7.40. The molecule has 7 heteroatoms. The van der Waals surface area contributed by atoms with E-state index in [-0.39, 0.29) is 30.8 Å². The number of amides is 1. The van der Waals surface area contributed by atoms with Crippen molar-refractivity contribution in [1.82, 2.24) is 10.2 Å². The zero-order valence-electron chi connectivity index (χ0n) is 12.5. The molecule has 1 heterocycles. The summed E-state index contributed by atoms with van der Waals surface area (Å²) in [4.78, 5) is 35.7. The fraction of sp³-hybridized carbons (Fsp3) is 0.786. The monoisotopic (exact) mass is 300 g/mol. The Hall–Kier alpha value is -1.63. The van der Waals surface area contributed by atoms with Crippen molar-refractivity contribution in [3.63, 3.8) is 0 Å². The summed E-state index contributed by atoms with van der Waals surface area (Å²) in [6, 6.07) is 0. The van der Waals surface area contributed by atoms with E-state index in [1.165, 1.54) is 0 Å². The maximum atomic E-state index is 11.7. The molecule has 0 bridgehead atoms. The number of ether oxygens (including phenoxy) is 1. The molecule has 2 N–H and O–H groups in total. The number of esters is 1. The van der Waals surface area contributed by atoms with E-state index in [0.29, 0.717) is 26.1 Å². The van der Waals surface area contributed by atoms with Gasteiger partial charge in [0.1, 0.15) is 0 Å². The van der Waals surface area contributed by atoms with E-state index < -0.39 is 5.97 Å². The van der Waals surface area contributed by atoms with Gasteiger partial charge in [-0.1, -0.05) is 0 Å². The fourth-order valence-corrected chi connectivity index (χ4v) is 2.38. The van der Waals surface area contributed by atoms with Crippen molar-refractivity contribution in [2.45, 2.75) is 32.6 Å². The molecule has 1 aliphatic heterocycles. The molecule has 1 fully saturated rings. The SMILES string of the molecule is CCOC(=O)[C@@H]1CCCN(CC(=O)NCCCC(=O)O)C1. The summed E-state index contributed by atoms with van der Waals surface area (Å²) in [5.74, 6) is -1.34. The highest BCUT2D eigenvalue weighted by Crippen LogP contribution is 2.17. The van der Waals surface area contributed by atoms with Crippen molar-refractivity contribution in [3.8, 4) is 0 Å². The molecule has 7 nitrogen and oxygen atoms in total. The Morgan fingerprint density at radius 1 is 1.38 bits per heavy atom. The minimum atomic E-state index is -0.863. The zero-order valence-corrected chi connectivity index (χ0v) is 12.5. The number of piperidine rings is 1. The molecule has 0 aromatic rings. The predicted octanol–water partition coefficient (Wildman–Crippen LogP) is 0.243. The van der Waals surface area contributed by atoms with Gasteiger partial charge in [0.15, 0.2) is 0 Å². The molecule has 0 spiro atoms. The van der Waals surface area contributed by atoms with Crippen LogP contribution in [0.15, 0.2) is 0 Å². The van der Waals surface area contributed by atoms with Gasteiger partial charge in [0.05, 0.1) is 19.1 Å². The largest absolute Gasteiger partial charge is 0.481 e. The molecule has 1 aliphatic rings. The van der Waals surface area contributed by atoms with E-state index in [0.717, 1.165) is 19.4 Å². The number of hydrogen-bond acceptors (Lipinski definition) is 5. The quantitative estimate of drug-likeness (QED) is 0.492. The standard InChI is InChI=1S/C14H24N2O5/c1-2-21-14(20)11-5-4-8-16(9-11)10-12(17)15-7-3-6-13(18)19/h11H,2-10H2,1H3,(H,15,17)(H,18,19)/t11-/m1/s1. The van der Waals surface area contributed by atoms with Crippen molar-refractivity contribution in [2.75, 3.05) is 32.8 Å². The molecular formula is C14H24N2O5. The number of carbonyl (C=O) groups is 3. The van der Waals surface area contributed by atoms with Crippen LogP contribution in [0.25, 0.3) is 0 Å². The number of aliphatic carboxylic acids is 1. The van der Waals surface area contributed by atoms with Gasteiger partial charge in [0.25, 0.3) is 0 Å². The van der Waals surface area contributed by atoms with E-state index >= 15 is 0 Å². The van der Waals surface area contributed by atoms with Gasteiger partial charge in [-0.15, -0.1) is 0 Å². The van der Waals surface area contributed by atoms with Crippen LogP contribution in [-0.4, -0.2) is 60.6 Å². The third-order valence-corrected chi connectivity index (χ3v) is 3.38. The second-order valence-corrected chi connectivity index (χ2v) is 5.17. The highest BCUT2D eigenvalue weighted by molar-refractivity contribution is 5.78. The van der Waals surface area contributed by atoms with Crippen molar-refractivity contribution in [3.05, 3.63) is 0 Å². The summed E-state index contributed by atoms with van der Waals surface area (Å²) in [5, 5.41) is 11.2. The van der Waals surface area contributed by atoms with Crippen molar-refractivity contribution >= 4 is 17.8 Å². The average Bonchev–Trinajstić information content (AvgIpc) is 2.44. The van der Waals surface area contributed by atoms with Gasteiger partial charge >= 0.3 is 11.9 Å². The molecular weight excluding hydrogens is 276 g/mol. The van der Waals surface area contributed by atoms with Gasteiger partial charge in [0.2, 0.25) is 5.91 Å². The van der Waals surface area contributed by atoms with Gasteiger partial charge in [-0.25, -0.2) is 0 Å². The van der Waals surface area contributed by atoms with Crippen LogP contribution in [0.5, 0.6) is 0 Å². The molecule has 1 rings (SSSR count). The third kappa shape index (κ3) is 7.08. The number of likely N-dealkylation sites (tertiary alicyclic amines) is 1. The molecule has 120 valence electrons. The molecule has 1 amide bonds. The Morgan fingerprint density at radius 2 is 2.14 bits per heavy atom. The normalized spacial score (nSPS) is 19.0. The number of carboxylic acids is 1. The van der Waals surface area contributed by atoms with Crippen LogP contribution in [0, 0.1) is 5.92 Å². The van der Waals surface area contributed by atoms with Crippen LogP contribution in [0.2, 0.25) is 0 Å². The lowest BCUT2D eigenvalue weighted by Gasteiger charge is -2.30. The summed E-state index contributed by atoms with van der Waals surface area (Å²) < 4.78 is 5.01. The zero-order chi connectivity index (χ0) is 15.7. The molecule has 1 atom stereocenters. The Labute approximate surface area is 124 Å². The lowest BCUT2D eigenvalue weighted by atomic mass is 9.98. The summed E-state index contributed by atoms with van der Waals surface area (Å²) in [7, 11) is 0. The third-order valence-electron chi connectivity index (χ3n) is 3.38.